The molecule has 0 saturated carbocycles. The standard InChI is InChI=1S/C23H27N3O2/c1-3-18-5-4-6-20(15-18)24-22(27)26-13-11-23(12-14-26)16-21(25-28-23)19-9-7-17(2)8-10-19/h4-10,15-16,25H,3,11-14H2,1-2H3,(H,24,27). The minimum Gasteiger partial charge on any atom is -0.324 e. The summed E-state index contributed by atoms with van der Waals surface area (Å²) >= 11 is 0. The Morgan fingerprint density at radius 2 is 1.93 bits per heavy atom. The molecule has 2 aromatic rings. The Morgan fingerprint density at radius 3 is 2.64 bits per heavy atom. The smallest absolute Gasteiger partial charge is 0.321 e. The Morgan fingerprint density at radius 1 is 1.18 bits per heavy atom. The van der Waals surface area contributed by atoms with E-state index in [1.807, 2.05) is 23.1 Å². The second-order valence-corrected chi connectivity index (χ2v) is 7.66. The predicted octanol–water partition coefficient (Wildman–Crippen LogP) is 4.50. The van der Waals surface area contributed by atoms with Gasteiger partial charge in [0.25, 0.3) is 0 Å². The number of nitrogens with one attached hydrogen (secondary N) is 2. The highest BCUT2D eigenvalue weighted by atomic mass is 16.7. The molecule has 28 heavy (non-hydrogen) atoms. The van der Waals surface area contributed by atoms with E-state index in [0.717, 1.165) is 36.2 Å². The summed E-state index contributed by atoms with van der Waals surface area (Å²) in [4.78, 5) is 20.5. The fraction of sp³-hybridized carbons (Fsp3) is 0.348. The van der Waals surface area contributed by atoms with Gasteiger partial charge in [-0.25, -0.2) is 4.79 Å². The molecule has 0 aromatic heterocycles. The molecule has 2 aromatic carbocycles. The van der Waals surface area contributed by atoms with Gasteiger partial charge in [0.05, 0.1) is 5.70 Å². The van der Waals surface area contributed by atoms with Crippen molar-refractivity contribution in [2.75, 3.05) is 18.4 Å². The van der Waals surface area contributed by atoms with Crippen molar-refractivity contribution in [2.24, 2.45) is 0 Å². The first-order valence-electron chi connectivity index (χ1n) is 9.96. The number of aryl methyl sites for hydroxylation is 2. The number of likely N-dealkylation sites (tertiary alicyclic amines) is 1. The largest absolute Gasteiger partial charge is 0.324 e. The normalized spacial score (nSPS) is 17.9. The summed E-state index contributed by atoms with van der Waals surface area (Å²) in [6.07, 6.45) is 4.68. The van der Waals surface area contributed by atoms with Crippen LogP contribution >= 0.6 is 0 Å². The zero-order valence-corrected chi connectivity index (χ0v) is 16.5. The molecule has 4 rings (SSSR count). The molecule has 2 heterocycles. The first-order valence-corrected chi connectivity index (χ1v) is 9.96. The Kier molecular flexibility index (Phi) is 5.09. The Balaban J connectivity index is 1.37. The maximum absolute atomic E-state index is 12.6. The van der Waals surface area contributed by atoms with Gasteiger partial charge in [0.15, 0.2) is 0 Å². The third-order valence-corrected chi connectivity index (χ3v) is 5.62. The van der Waals surface area contributed by atoms with Crippen LogP contribution in [0, 0.1) is 6.92 Å². The second-order valence-electron chi connectivity index (χ2n) is 7.66. The lowest BCUT2D eigenvalue weighted by Gasteiger charge is -2.36. The van der Waals surface area contributed by atoms with Crippen LogP contribution in [-0.2, 0) is 11.3 Å². The van der Waals surface area contributed by atoms with E-state index in [4.69, 9.17) is 4.84 Å². The number of hydroxylamine groups is 1. The lowest BCUT2D eigenvalue weighted by molar-refractivity contribution is -0.0634. The summed E-state index contributed by atoms with van der Waals surface area (Å²) in [6.45, 7) is 5.52. The van der Waals surface area contributed by atoms with Gasteiger partial charge in [0, 0.05) is 31.6 Å². The van der Waals surface area contributed by atoms with E-state index in [-0.39, 0.29) is 11.6 Å². The Labute approximate surface area is 166 Å². The van der Waals surface area contributed by atoms with Crippen LogP contribution in [0.4, 0.5) is 10.5 Å². The highest BCUT2D eigenvalue weighted by Crippen LogP contribution is 2.34. The first-order chi connectivity index (χ1) is 13.6. The lowest BCUT2D eigenvalue weighted by atomic mass is 9.90. The highest BCUT2D eigenvalue weighted by molar-refractivity contribution is 5.89. The van der Waals surface area contributed by atoms with Crippen LogP contribution in [0.2, 0.25) is 0 Å². The molecule has 2 aliphatic heterocycles. The summed E-state index contributed by atoms with van der Waals surface area (Å²) in [7, 11) is 0. The number of hydrogen-bond acceptors (Lipinski definition) is 3. The number of carbonyl (C=O) groups is 1. The summed E-state index contributed by atoms with van der Waals surface area (Å²) < 4.78 is 0. The lowest BCUT2D eigenvalue weighted by Crippen LogP contribution is -2.48. The van der Waals surface area contributed by atoms with Crippen molar-refractivity contribution in [1.29, 1.82) is 0 Å². The molecular weight excluding hydrogens is 350 g/mol. The monoisotopic (exact) mass is 377 g/mol. The fourth-order valence-electron chi connectivity index (χ4n) is 3.76. The van der Waals surface area contributed by atoms with Crippen LogP contribution in [0.15, 0.2) is 54.6 Å². The quantitative estimate of drug-likeness (QED) is 0.828. The number of anilines is 1. The summed E-state index contributed by atoms with van der Waals surface area (Å²) in [6, 6.07) is 16.4. The van der Waals surface area contributed by atoms with Crippen molar-refractivity contribution in [3.8, 4) is 0 Å². The van der Waals surface area contributed by atoms with Crippen LogP contribution in [0.5, 0.6) is 0 Å². The van der Waals surface area contributed by atoms with Gasteiger partial charge in [-0.1, -0.05) is 48.9 Å². The van der Waals surface area contributed by atoms with Gasteiger partial charge in [-0.2, -0.15) is 0 Å². The number of benzene rings is 2. The zero-order chi connectivity index (χ0) is 19.6. The molecule has 1 spiro atoms. The van der Waals surface area contributed by atoms with Gasteiger partial charge in [0.1, 0.15) is 5.60 Å². The molecule has 2 N–H and O–H groups in total. The van der Waals surface area contributed by atoms with E-state index in [2.05, 4.69) is 61.1 Å². The highest BCUT2D eigenvalue weighted by Gasteiger charge is 2.39. The summed E-state index contributed by atoms with van der Waals surface area (Å²) in [5.74, 6) is 0. The maximum atomic E-state index is 12.6. The molecule has 146 valence electrons. The number of rotatable bonds is 3. The van der Waals surface area contributed by atoms with Crippen molar-refractivity contribution in [2.45, 2.75) is 38.7 Å². The molecule has 0 radical (unpaired) electrons. The van der Waals surface area contributed by atoms with Crippen molar-refractivity contribution in [3.05, 3.63) is 71.3 Å². The molecule has 0 bridgehead atoms. The molecule has 5 heteroatoms. The van der Waals surface area contributed by atoms with Gasteiger partial charge in [0.2, 0.25) is 0 Å². The number of carbonyl (C=O) groups excluding carboxylic acids is 1. The second kappa shape index (κ2) is 7.68. The van der Waals surface area contributed by atoms with Crippen LogP contribution in [-0.4, -0.2) is 29.6 Å². The summed E-state index contributed by atoms with van der Waals surface area (Å²) in [5.41, 5.74) is 8.20. The number of nitrogens with zero attached hydrogens (tertiary/aromatic N) is 1. The number of amides is 2. The third kappa shape index (κ3) is 3.90. The first kappa shape index (κ1) is 18.6. The fourth-order valence-corrected chi connectivity index (χ4v) is 3.76. The number of hydrogen-bond donors (Lipinski definition) is 2. The van der Waals surface area contributed by atoms with Crippen LogP contribution < -0.4 is 10.8 Å². The molecule has 0 atom stereocenters. The molecule has 5 nitrogen and oxygen atoms in total. The van der Waals surface area contributed by atoms with Crippen LogP contribution in [0.1, 0.15) is 36.5 Å². The topological polar surface area (TPSA) is 53.6 Å². The van der Waals surface area contributed by atoms with Gasteiger partial charge in [-0.15, -0.1) is 0 Å². The third-order valence-electron chi connectivity index (χ3n) is 5.62. The average molecular weight is 377 g/mol. The minimum absolute atomic E-state index is 0.0446. The van der Waals surface area contributed by atoms with Crippen molar-refractivity contribution in [3.63, 3.8) is 0 Å². The molecule has 1 fully saturated rings. The molecule has 0 unspecified atom stereocenters. The zero-order valence-electron chi connectivity index (χ0n) is 16.5. The predicted molar refractivity (Wildman–Crippen MR) is 112 cm³/mol. The molecule has 1 saturated heterocycles. The van der Waals surface area contributed by atoms with Crippen molar-refractivity contribution in [1.82, 2.24) is 10.4 Å². The van der Waals surface area contributed by atoms with Crippen LogP contribution in [0.3, 0.4) is 0 Å². The SMILES string of the molecule is CCc1cccc(NC(=O)N2CCC3(C=C(c4ccc(C)cc4)NO3)CC2)c1. The average Bonchev–Trinajstić information content (AvgIpc) is 3.12. The van der Waals surface area contributed by atoms with Gasteiger partial charge in [-0.05, 0) is 42.7 Å². The van der Waals surface area contributed by atoms with E-state index in [1.165, 1.54) is 11.1 Å². The molecule has 2 aliphatic rings. The van der Waals surface area contributed by atoms with E-state index >= 15 is 0 Å². The van der Waals surface area contributed by atoms with E-state index in [9.17, 15) is 4.79 Å². The maximum Gasteiger partial charge on any atom is 0.321 e. The van der Waals surface area contributed by atoms with Crippen molar-refractivity contribution >= 4 is 17.4 Å². The Bertz CT molecular complexity index is 881. The van der Waals surface area contributed by atoms with E-state index < -0.39 is 0 Å². The number of urea groups is 1. The molecule has 0 aliphatic carbocycles. The van der Waals surface area contributed by atoms with E-state index in [0.29, 0.717) is 13.1 Å². The summed E-state index contributed by atoms with van der Waals surface area (Å²) in [5, 5.41) is 3.02. The van der Waals surface area contributed by atoms with E-state index in [1.54, 1.807) is 0 Å². The number of piperidine rings is 1. The van der Waals surface area contributed by atoms with Crippen molar-refractivity contribution < 1.29 is 9.63 Å². The van der Waals surface area contributed by atoms with Crippen LogP contribution in [0.25, 0.3) is 5.70 Å². The van der Waals surface area contributed by atoms with Gasteiger partial charge in [-0.3, -0.25) is 10.3 Å². The molecular formula is C23H27N3O2. The molecule has 2 amide bonds. The van der Waals surface area contributed by atoms with Gasteiger partial charge < -0.3 is 10.2 Å². The Hall–Kier alpha value is -2.79. The minimum atomic E-state index is -0.334. The van der Waals surface area contributed by atoms with Gasteiger partial charge >= 0.3 is 6.03 Å².